The second kappa shape index (κ2) is 5.25. The summed E-state index contributed by atoms with van der Waals surface area (Å²) in [4.78, 5) is 2.52. The number of nitrogens with zero attached hydrogens (tertiary/aromatic N) is 1. The summed E-state index contributed by atoms with van der Waals surface area (Å²) >= 11 is 0. The summed E-state index contributed by atoms with van der Waals surface area (Å²) < 4.78 is 10.9. The van der Waals surface area contributed by atoms with Crippen LogP contribution in [-0.2, 0) is 9.47 Å². The smallest absolute Gasteiger partial charge is 0.0594 e. The summed E-state index contributed by atoms with van der Waals surface area (Å²) in [5, 5.41) is 0. The van der Waals surface area contributed by atoms with Crippen LogP contribution in [0.25, 0.3) is 0 Å². The first kappa shape index (κ1) is 11.3. The van der Waals surface area contributed by atoms with Gasteiger partial charge in [-0.3, -0.25) is 4.90 Å². The van der Waals surface area contributed by atoms with Crippen LogP contribution in [0.15, 0.2) is 0 Å². The van der Waals surface area contributed by atoms with Gasteiger partial charge in [0.15, 0.2) is 0 Å². The Bertz CT molecular complexity index is 185. The fourth-order valence-electron chi connectivity index (χ4n) is 2.68. The molecule has 2 aliphatic rings. The highest BCUT2D eigenvalue weighted by Gasteiger charge is 2.36. The quantitative estimate of drug-likeness (QED) is 0.714. The lowest BCUT2D eigenvalue weighted by Crippen LogP contribution is -2.57. The molecule has 0 saturated carbocycles. The van der Waals surface area contributed by atoms with E-state index in [1.54, 1.807) is 0 Å². The molecule has 1 unspecified atom stereocenters. The molecule has 0 aromatic heterocycles. The molecule has 2 fully saturated rings. The molecule has 0 aromatic carbocycles. The SMILES string of the molecule is NCC1(N2CCOCC2)CCCOCC1. The molecule has 2 aliphatic heterocycles. The van der Waals surface area contributed by atoms with Crippen LogP contribution in [0.4, 0.5) is 0 Å². The minimum atomic E-state index is 0.181. The number of rotatable bonds is 2. The molecule has 0 bridgehead atoms. The van der Waals surface area contributed by atoms with Crippen molar-refractivity contribution in [1.82, 2.24) is 4.90 Å². The van der Waals surface area contributed by atoms with E-state index in [2.05, 4.69) is 4.90 Å². The van der Waals surface area contributed by atoms with Crippen molar-refractivity contribution >= 4 is 0 Å². The Hall–Kier alpha value is -0.160. The molecule has 0 aromatic rings. The van der Waals surface area contributed by atoms with Crippen molar-refractivity contribution in [3.05, 3.63) is 0 Å². The van der Waals surface area contributed by atoms with Gasteiger partial charge in [0.2, 0.25) is 0 Å². The lowest BCUT2D eigenvalue weighted by molar-refractivity contribution is -0.0271. The molecule has 0 amide bonds. The molecule has 4 heteroatoms. The topological polar surface area (TPSA) is 47.7 Å². The molecule has 0 aliphatic carbocycles. The number of ether oxygens (including phenoxy) is 2. The third-order valence-electron chi connectivity index (χ3n) is 3.70. The molecule has 0 spiro atoms. The Morgan fingerprint density at radius 3 is 2.47 bits per heavy atom. The predicted octanol–water partition coefficient (Wildman–Crippen LogP) is 0.217. The maximum Gasteiger partial charge on any atom is 0.0594 e. The summed E-state index contributed by atoms with van der Waals surface area (Å²) in [5.74, 6) is 0. The highest BCUT2D eigenvalue weighted by Crippen LogP contribution is 2.28. The average Bonchev–Trinajstić information content (AvgIpc) is 2.56. The van der Waals surface area contributed by atoms with Crippen molar-refractivity contribution in [3.63, 3.8) is 0 Å². The first-order valence-electron chi connectivity index (χ1n) is 5.98. The fraction of sp³-hybridized carbons (Fsp3) is 1.00. The van der Waals surface area contributed by atoms with E-state index in [1.165, 1.54) is 6.42 Å². The van der Waals surface area contributed by atoms with E-state index in [0.717, 1.165) is 58.9 Å². The van der Waals surface area contributed by atoms with E-state index in [-0.39, 0.29) is 5.54 Å². The van der Waals surface area contributed by atoms with Gasteiger partial charge in [-0.1, -0.05) is 0 Å². The second-order valence-electron chi connectivity index (χ2n) is 4.49. The molecule has 2 N–H and O–H groups in total. The van der Waals surface area contributed by atoms with Gasteiger partial charge in [-0.05, 0) is 19.3 Å². The summed E-state index contributed by atoms with van der Waals surface area (Å²) in [6, 6.07) is 0. The van der Waals surface area contributed by atoms with E-state index in [1.807, 2.05) is 0 Å². The molecular formula is C11H22N2O2. The summed E-state index contributed by atoms with van der Waals surface area (Å²) in [5.41, 5.74) is 6.18. The van der Waals surface area contributed by atoms with Crippen LogP contribution >= 0.6 is 0 Å². The molecular weight excluding hydrogens is 192 g/mol. The molecule has 88 valence electrons. The zero-order chi connectivity index (χ0) is 10.6. The Labute approximate surface area is 91.7 Å². The zero-order valence-corrected chi connectivity index (χ0v) is 9.41. The molecule has 0 radical (unpaired) electrons. The van der Waals surface area contributed by atoms with Gasteiger partial charge in [0.1, 0.15) is 0 Å². The molecule has 2 rings (SSSR count). The Morgan fingerprint density at radius 2 is 1.73 bits per heavy atom. The molecule has 2 heterocycles. The molecule has 15 heavy (non-hydrogen) atoms. The second-order valence-corrected chi connectivity index (χ2v) is 4.49. The highest BCUT2D eigenvalue weighted by atomic mass is 16.5. The van der Waals surface area contributed by atoms with Gasteiger partial charge in [0.05, 0.1) is 13.2 Å². The van der Waals surface area contributed by atoms with Gasteiger partial charge >= 0.3 is 0 Å². The Kier molecular flexibility index (Phi) is 3.97. The van der Waals surface area contributed by atoms with E-state index >= 15 is 0 Å². The third kappa shape index (κ3) is 2.50. The number of hydrogen-bond acceptors (Lipinski definition) is 4. The van der Waals surface area contributed by atoms with Crippen molar-refractivity contribution in [1.29, 1.82) is 0 Å². The van der Waals surface area contributed by atoms with Gasteiger partial charge in [-0.15, -0.1) is 0 Å². The summed E-state index contributed by atoms with van der Waals surface area (Å²) in [7, 11) is 0. The van der Waals surface area contributed by atoms with E-state index in [0.29, 0.717) is 0 Å². The lowest BCUT2D eigenvalue weighted by Gasteiger charge is -2.44. The summed E-state index contributed by atoms with van der Waals surface area (Å²) in [6.45, 7) is 6.25. The number of nitrogens with two attached hydrogens (primary N) is 1. The summed E-state index contributed by atoms with van der Waals surface area (Å²) in [6.07, 6.45) is 3.38. The zero-order valence-electron chi connectivity index (χ0n) is 9.41. The van der Waals surface area contributed by atoms with Gasteiger partial charge in [-0.25, -0.2) is 0 Å². The highest BCUT2D eigenvalue weighted by molar-refractivity contribution is 4.93. The van der Waals surface area contributed by atoms with Gasteiger partial charge < -0.3 is 15.2 Å². The Morgan fingerprint density at radius 1 is 1.00 bits per heavy atom. The first-order valence-corrected chi connectivity index (χ1v) is 5.98. The van der Waals surface area contributed by atoms with Crippen molar-refractivity contribution < 1.29 is 9.47 Å². The van der Waals surface area contributed by atoms with Crippen molar-refractivity contribution in [2.45, 2.75) is 24.8 Å². The molecule has 1 atom stereocenters. The van der Waals surface area contributed by atoms with Crippen LogP contribution in [0.1, 0.15) is 19.3 Å². The van der Waals surface area contributed by atoms with Crippen LogP contribution in [0.2, 0.25) is 0 Å². The average molecular weight is 214 g/mol. The van der Waals surface area contributed by atoms with Gasteiger partial charge in [0, 0.05) is 38.4 Å². The van der Waals surface area contributed by atoms with Crippen LogP contribution in [-0.4, -0.2) is 56.5 Å². The first-order chi connectivity index (χ1) is 7.37. The largest absolute Gasteiger partial charge is 0.381 e. The van der Waals surface area contributed by atoms with E-state index in [9.17, 15) is 0 Å². The monoisotopic (exact) mass is 214 g/mol. The minimum absolute atomic E-state index is 0.181. The lowest BCUT2D eigenvalue weighted by atomic mass is 9.88. The van der Waals surface area contributed by atoms with Crippen molar-refractivity contribution in [3.8, 4) is 0 Å². The van der Waals surface area contributed by atoms with Crippen LogP contribution < -0.4 is 5.73 Å². The van der Waals surface area contributed by atoms with E-state index < -0.39 is 0 Å². The minimum Gasteiger partial charge on any atom is -0.381 e. The maximum absolute atomic E-state index is 6.00. The number of morpholine rings is 1. The standard InChI is InChI=1S/C11H22N2O2/c12-10-11(2-1-6-14-7-3-11)13-4-8-15-9-5-13/h1-10,12H2. The molecule has 4 nitrogen and oxygen atoms in total. The third-order valence-corrected chi connectivity index (χ3v) is 3.70. The van der Waals surface area contributed by atoms with Crippen LogP contribution in [0.5, 0.6) is 0 Å². The van der Waals surface area contributed by atoms with Crippen molar-refractivity contribution in [2.24, 2.45) is 5.73 Å². The maximum atomic E-state index is 6.00. The fourth-order valence-corrected chi connectivity index (χ4v) is 2.68. The molecule has 2 saturated heterocycles. The van der Waals surface area contributed by atoms with Crippen LogP contribution in [0.3, 0.4) is 0 Å². The van der Waals surface area contributed by atoms with Crippen LogP contribution in [0, 0.1) is 0 Å². The predicted molar refractivity (Wildman–Crippen MR) is 58.8 cm³/mol. The normalized spacial score (nSPS) is 35.0. The van der Waals surface area contributed by atoms with Gasteiger partial charge in [0.25, 0.3) is 0 Å². The Balaban J connectivity index is 2.03. The number of hydrogen-bond donors (Lipinski definition) is 1. The van der Waals surface area contributed by atoms with Gasteiger partial charge in [-0.2, -0.15) is 0 Å². The van der Waals surface area contributed by atoms with Crippen molar-refractivity contribution in [2.75, 3.05) is 46.1 Å². The van der Waals surface area contributed by atoms with E-state index in [4.69, 9.17) is 15.2 Å².